The molecule has 1 amide bonds. The molecule has 3 aromatic rings. The van der Waals surface area contributed by atoms with Crippen molar-refractivity contribution >= 4 is 16.8 Å². The van der Waals surface area contributed by atoms with E-state index >= 15 is 0 Å². The van der Waals surface area contributed by atoms with Crippen LogP contribution in [-0.2, 0) is 17.9 Å². The molecule has 2 aromatic heterocycles. The fourth-order valence-electron chi connectivity index (χ4n) is 3.92. The second-order valence-electron chi connectivity index (χ2n) is 7.26. The van der Waals surface area contributed by atoms with E-state index in [0.29, 0.717) is 6.42 Å². The highest BCUT2D eigenvalue weighted by Crippen LogP contribution is 2.20. The largest absolute Gasteiger partial charge is 0.344 e. The van der Waals surface area contributed by atoms with Gasteiger partial charge in [0.25, 0.3) is 0 Å². The van der Waals surface area contributed by atoms with E-state index in [1.807, 2.05) is 17.2 Å². The van der Waals surface area contributed by atoms with Crippen LogP contribution in [0.5, 0.6) is 0 Å². The number of aromatic nitrogens is 2. The predicted molar refractivity (Wildman–Crippen MR) is 107 cm³/mol. The van der Waals surface area contributed by atoms with Gasteiger partial charge < -0.3 is 9.47 Å². The molecule has 5 nitrogen and oxygen atoms in total. The third kappa shape index (κ3) is 4.03. The van der Waals surface area contributed by atoms with Crippen molar-refractivity contribution in [2.75, 3.05) is 26.2 Å². The SMILES string of the molecule is Cc1cc2ccccc2n1CCC(=O)N1CCN(Cc2cccnc2)CC1. The molecule has 3 heterocycles. The van der Waals surface area contributed by atoms with Crippen molar-refractivity contribution in [1.29, 1.82) is 0 Å². The lowest BCUT2D eigenvalue weighted by atomic mass is 10.2. The van der Waals surface area contributed by atoms with Gasteiger partial charge in [-0.05, 0) is 36.1 Å². The van der Waals surface area contributed by atoms with E-state index in [-0.39, 0.29) is 5.91 Å². The Hall–Kier alpha value is -2.66. The second-order valence-corrected chi connectivity index (χ2v) is 7.26. The molecule has 0 bridgehead atoms. The number of nitrogens with zero attached hydrogens (tertiary/aromatic N) is 4. The zero-order valence-corrected chi connectivity index (χ0v) is 15.8. The van der Waals surface area contributed by atoms with Crippen LogP contribution in [0, 0.1) is 6.92 Å². The number of hydrogen-bond acceptors (Lipinski definition) is 3. The van der Waals surface area contributed by atoms with Crippen LogP contribution in [0.15, 0.2) is 54.9 Å². The molecule has 1 saturated heterocycles. The van der Waals surface area contributed by atoms with Crippen molar-refractivity contribution in [3.05, 3.63) is 66.1 Å². The standard InChI is InChI=1S/C22H26N4O/c1-18-15-20-6-2-3-7-21(20)26(18)10-8-22(27)25-13-11-24(12-14-25)17-19-5-4-9-23-16-19/h2-7,9,15-16H,8,10-14,17H2,1H3. The summed E-state index contributed by atoms with van der Waals surface area (Å²) in [7, 11) is 0. The van der Waals surface area contributed by atoms with Crippen molar-refractivity contribution in [2.45, 2.75) is 26.4 Å². The minimum absolute atomic E-state index is 0.258. The summed E-state index contributed by atoms with van der Waals surface area (Å²) in [6, 6.07) is 14.6. The normalized spacial score (nSPS) is 15.4. The average molecular weight is 362 g/mol. The Morgan fingerprint density at radius 1 is 1.07 bits per heavy atom. The van der Waals surface area contributed by atoms with Gasteiger partial charge in [-0.1, -0.05) is 24.3 Å². The number of carbonyl (C=O) groups is 1. The van der Waals surface area contributed by atoms with Gasteiger partial charge in [-0.2, -0.15) is 0 Å². The van der Waals surface area contributed by atoms with Crippen molar-refractivity contribution in [1.82, 2.24) is 19.4 Å². The lowest BCUT2D eigenvalue weighted by Crippen LogP contribution is -2.48. The smallest absolute Gasteiger partial charge is 0.224 e. The molecule has 0 aliphatic carbocycles. The summed E-state index contributed by atoms with van der Waals surface area (Å²) in [4.78, 5) is 21.3. The Bertz CT molecular complexity index is 910. The van der Waals surface area contributed by atoms with Gasteiger partial charge in [0.05, 0.1) is 0 Å². The highest BCUT2D eigenvalue weighted by Gasteiger charge is 2.21. The van der Waals surface area contributed by atoms with E-state index in [0.717, 1.165) is 39.3 Å². The lowest BCUT2D eigenvalue weighted by molar-refractivity contribution is -0.133. The summed E-state index contributed by atoms with van der Waals surface area (Å²) in [5.74, 6) is 0.258. The van der Waals surface area contributed by atoms with Crippen LogP contribution in [0.3, 0.4) is 0 Å². The number of hydrogen-bond donors (Lipinski definition) is 0. The Labute approximate surface area is 160 Å². The van der Waals surface area contributed by atoms with E-state index in [1.54, 1.807) is 6.20 Å². The van der Waals surface area contributed by atoms with Crippen LogP contribution in [0.2, 0.25) is 0 Å². The monoisotopic (exact) mass is 362 g/mol. The minimum Gasteiger partial charge on any atom is -0.344 e. The summed E-state index contributed by atoms with van der Waals surface area (Å²) in [5, 5.41) is 1.24. The molecule has 1 aromatic carbocycles. The van der Waals surface area contributed by atoms with Gasteiger partial charge in [0.2, 0.25) is 5.91 Å². The van der Waals surface area contributed by atoms with Crippen LogP contribution in [-0.4, -0.2) is 51.4 Å². The lowest BCUT2D eigenvalue weighted by Gasteiger charge is -2.34. The summed E-state index contributed by atoms with van der Waals surface area (Å²) < 4.78 is 2.26. The molecule has 0 radical (unpaired) electrons. The molecule has 0 unspecified atom stereocenters. The molecular formula is C22H26N4O. The zero-order valence-electron chi connectivity index (χ0n) is 15.8. The number of aryl methyl sites for hydroxylation is 2. The summed E-state index contributed by atoms with van der Waals surface area (Å²) in [6.45, 7) is 7.23. The zero-order chi connectivity index (χ0) is 18.6. The first-order chi connectivity index (χ1) is 13.2. The summed E-state index contributed by atoms with van der Waals surface area (Å²) in [6.07, 6.45) is 4.28. The van der Waals surface area contributed by atoms with E-state index in [4.69, 9.17) is 0 Å². The molecule has 4 rings (SSSR count). The fourth-order valence-corrected chi connectivity index (χ4v) is 3.92. The van der Waals surface area contributed by atoms with Crippen LogP contribution in [0.4, 0.5) is 0 Å². The van der Waals surface area contributed by atoms with Crippen LogP contribution < -0.4 is 0 Å². The molecule has 0 N–H and O–H groups in total. The van der Waals surface area contributed by atoms with Crippen molar-refractivity contribution in [3.8, 4) is 0 Å². The maximum atomic E-state index is 12.7. The van der Waals surface area contributed by atoms with Crippen LogP contribution >= 0.6 is 0 Å². The fraction of sp³-hybridized carbons (Fsp3) is 0.364. The predicted octanol–water partition coefficient (Wildman–Crippen LogP) is 3.08. The van der Waals surface area contributed by atoms with E-state index < -0.39 is 0 Å². The van der Waals surface area contributed by atoms with Gasteiger partial charge >= 0.3 is 0 Å². The Balaban J connectivity index is 1.30. The minimum atomic E-state index is 0.258. The number of para-hydroxylation sites is 1. The maximum absolute atomic E-state index is 12.7. The highest BCUT2D eigenvalue weighted by atomic mass is 16.2. The Kier molecular flexibility index (Phi) is 5.21. The van der Waals surface area contributed by atoms with E-state index in [9.17, 15) is 4.79 Å². The van der Waals surface area contributed by atoms with Gasteiger partial charge in [0, 0.05) is 69.3 Å². The molecule has 0 atom stereocenters. The molecule has 0 spiro atoms. The second kappa shape index (κ2) is 7.92. The summed E-state index contributed by atoms with van der Waals surface area (Å²) >= 11 is 0. The number of piperazine rings is 1. The summed E-state index contributed by atoms with van der Waals surface area (Å²) in [5.41, 5.74) is 3.65. The first-order valence-corrected chi connectivity index (χ1v) is 9.64. The van der Waals surface area contributed by atoms with Gasteiger partial charge in [0.15, 0.2) is 0 Å². The molecule has 0 saturated carbocycles. The maximum Gasteiger partial charge on any atom is 0.224 e. The quantitative estimate of drug-likeness (QED) is 0.700. The first kappa shape index (κ1) is 17.7. The van der Waals surface area contributed by atoms with Crippen LogP contribution in [0.1, 0.15) is 17.7 Å². The highest BCUT2D eigenvalue weighted by molar-refractivity contribution is 5.81. The topological polar surface area (TPSA) is 41.4 Å². The molecule has 140 valence electrons. The van der Waals surface area contributed by atoms with Crippen molar-refractivity contribution in [2.24, 2.45) is 0 Å². The number of pyridine rings is 1. The van der Waals surface area contributed by atoms with Crippen molar-refractivity contribution in [3.63, 3.8) is 0 Å². The first-order valence-electron chi connectivity index (χ1n) is 9.64. The Morgan fingerprint density at radius 3 is 2.67 bits per heavy atom. The number of amides is 1. The number of fused-ring (bicyclic) bond motifs is 1. The molecule has 1 fully saturated rings. The molecule has 5 heteroatoms. The van der Waals surface area contributed by atoms with E-state index in [1.165, 1.54) is 22.2 Å². The molecule has 1 aliphatic rings. The number of rotatable bonds is 5. The van der Waals surface area contributed by atoms with E-state index in [2.05, 4.69) is 57.8 Å². The van der Waals surface area contributed by atoms with Gasteiger partial charge in [0.1, 0.15) is 0 Å². The van der Waals surface area contributed by atoms with Gasteiger partial charge in [-0.3, -0.25) is 14.7 Å². The van der Waals surface area contributed by atoms with Gasteiger partial charge in [-0.15, -0.1) is 0 Å². The third-order valence-corrected chi connectivity index (χ3v) is 5.42. The Morgan fingerprint density at radius 2 is 1.89 bits per heavy atom. The third-order valence-electron chi connectivity index (χ3n) is 5.42. The molecule has 27 heavy (non-hydrogen) atoms. The average Bonchev–Trinajstić information content (AvgIpc) is 3.02. The van der Waals surface area contributed by atoms with Gasteiger partial charge in [-0.25, -0.2) is 0 Å². The number of carbonyl (C=O) groups excluding carboxylic acids is 1. The number of benzene rings is 1. The van der Waals surface area contributed by atoms with Crippen LogP contribution in [0.25, 0.3) is 10.9 Å². The molecular weight excluding hydrogens is 336 g/mol. The van der Waals surface area contributed by atoms with Crippen molar-refractivity contribution < 1.29 is 4.79 Å². The molecule has 1 aliphatic heterocycles.